The first-order chi connectivity index (χ1) is 7.88. The number of nitrogens with zero attached hydrogens (tertiary/aromatic N) is 2. The van der Waals surface area contributed by atoms with Gasteiger partial charge < -0.3 is 4.74 Å². The Labute approximate surface area is 110 Å². The smallest absolute Gasteiger partial charge is 0.259 e. The highest BCUT2D eigenvalue weighted by Crippen LogP contribution is 2.19. The van der Waals surface area contributed by atoms with Crippen molar-refractivity contribution in [1.29, 1.82) is 0 Å². The number of alkyl halides is 1. The molecule has 1 heterocycles. The average molecular weight is 302 g/mol. The van der Waals surface area contributed by atoms with Gasteiger partial charge in [0.15, 0.2) is 5.03 Å². The van der Waals surface area contributed by atoms with Crippen LogP contribution in [0.4, 0.5) is 0 Å². The topological polar surface area (TPSA) is 73.2 Å². The summed E-state index contributed by atoms with van der Waals surface area (Å²) < 4.78 is 32.1. The number of methoxy groups -OCH3 is 1. The zero-order valence-corrected chi connectivity index (χ0v) is 11.7. The zero-order valence-electron chi connectivity index (χ0n) is 9.35. The van der Waals surface area contributed by atoms with Gasteiger partial charge in [-0.2, -0.15) is 5.10 Å². The van der Waals surface area contributed by atoms with E-state index in [1.165, 1.54) is 25.0 Å². The van der Waals surface area contributed by atoms with Gasteiger partial charge in [-0.3, -0.25) is 4.68 Å². The molecule has 1 N–H and O–H groups in total. The lowest BCUT2D eigenvalue weighted by molar-refractivity contribution is 0.198. The lowest BCUT2D eigenvalue weighted by Crippen LogP contribution is -2.33. The molecule has 1 unspecified atom stereocenters. The van der Waals surface area contributed by atoms with E-state index in [4.69, 9.17) is 27.9 Å². The number of hydrogen-bond donors (Lipinski definition) is 1. The minimum absolute atomic E-state index is 0.0548. The van der Waals surface area contributed by atoms with Crippen LogP contribution in [0.1, 0.15) is 0 Å². The normalized spacial score (nSPS) is 13.9. The Morgan fingerprint density at radius 1 is 1.65 bits per heavy atom. The second kappa shape index (κ2) is 6.01. The summed E-state index contributed by atoms with van der Waals surface area (Å²) in [7, 11) is -0.731. The summed E-state index contributed by atoms with van der Waals surface area (Å²) in [6.45, 7) is 0.308. The van der Waals surface area contributed by atoms with Crippen molar-refractivity contribution in [3.8, 4) is 0 Å². The van der Waals surface area contributed by atoms with Crippen molar-refractivity contribution in [2.75, 3.05) is 20.3 Å². The number of rotatable bonds is 6. The van der Waals surface area contributed by atoms with E-state index < -0.39 is 15.4 Å². The van der Waals surface area contributed by atoms with Crippen LogP contribution in [0.2, 0.25) is 5.02 Å². The molecule has 98 valence electrons. The fourth-order valence-corrected chi connectivity index (χ4v) is 3.24. The van der Waals surface area contributed by atoms with Gasteiger partial charge >= 0.3 is 0 Å². The summed E-state index contributed by atoms with van der Waals surface area (Å²) in [4.78, 5) is 0. The van der Waals surface area contributed by atoms with E-state index in [2.05, 4.69) is 9.82 Å². The van der Waals surface area contributed by atoms with E-state index in [9.17, 15) is 8.42 Å². The molecule has 0 amide bonds. The third-order valence-corrected chi connectivity index (χ3v) is 4.15. The summed E-state index contributed by atoms with van der Waals surface area (Å²) in [6.07, 6.45) is 1.27. The zero-order chi connectivity index (χ0) is 13.1. The average Bonchev–Trinajstić information content (AvgIpc) is 2.57. The van der Waals surface area contributed by atoms with Crippen molar-refractivity contribution in [2.45, 2.75) is 10.4 Å². The minimum atomic E-state index is -3.71. The molecule has 0 saturated heterocycles. The molecular weight excluding hydrogens is 289 g/mol. The van der Waals surface area contributed by atoms with Crippen molar-refractivity contribution in [3.63, 3.8) is 0 Å². The molecule has 1 rings (SSSR count). The van der Waals surface area contributed by atoms with E-state index >= 15 is 0 Å². The fourth-order valence-electron chi connectivity index (χ4n) is 1.21. The summed E-state index contributed by atoms with van der Waals surface area (Å²) in [5.74, 6) is 0. The molecule has 0 saturated carbocycles. The molecule has 1 atom stereocenters. The molecule has 0 radical (unpaired) electrons. The Bertz CT molecular complexity index is 455. The largest absolute Gasteiger partial charge is 0.383 e. The van der Waals surface area contributed by atoms with Crippen LogP contribution in [0, 0.1) is 0 Å². The molecule has 17 heavy (non-hydrogen) atoms. The van der Waals surface area contributed by atoms with Gasteiger partial charge in [0.2, 0.25) is 0 Å². The summed E-state index contributed by atoms with van der Waals surface area (Å²) in [6, 6.07) is 0. The predicted molar refractivity (Wildman–Crippen MR) is 64.9 cm³/mol. The SMILES string of the molecule is COCC(Cl)CNS(=O)(=O)c1c(Cl)cnn1C. The van der Waals surface area contributed by atoms with Crippen LogP contribution in [0.15, 0.2) is 11.2 Å². The van der Waals surface area contributed by atoms with Gasteiger partial charge in [-0.25, -0.2) is 13.1 Å². The van der Waals surface area contributed by atoms with Crippen molar-refractivity contribution in [2.24, 2.45) is 7.05 Å². The number of aromatic nitrogens is 2. The standard InChI is InChI=1S/C8H13Cl2N3O3S/c1-13-8(7(10)4-11-13)17(14,15)12-3-6(9)5-16-2/h4,6,12H,3,5H2,1-2H3. The van der Waals surface area contributed by atoms with E-state index in [1.54, 1.807) is 0 Å². The molecule has 0 aliphatic heterocycles. The highest BCUT2D eigenvalue weighted by Gasteiger charge is 2.23. The van der Waals surface area contributed by atoms with Gasteiger partial charge in [0.1, 0.15) is 0 Å². The Morgan fingerprint density at radius 2 is 2.29 bits per heavy atom. The number of sulfonamides is 1. The molecule has 9 heteroatoms. The van der Waals surface area contributed by atoms with Gasteiger partial charge in [-0.15, -0.1) is 11.6 Å². The van der Waals surface area contributed by atoms with Gasteiger partial charge in [-0.1, -0.05) is 11.6 Å². The molecule has 6 nitrogen and oxygen atoms in total. The second-order valence-corrected chi connectivity index (χ2v) is 6.03. The van der Waals surface area contributed by atoms with E-state index in [0.29, 0.717) is 0 Å². The lowest BCUT2D eigenvalue weighted by Gasteiger charge is -2.10. The number of nitrogens with one attached hydrogen (secondary N) is 1. The second-order valence-electron chi connectivity index (χ2n) is 3.33. The van der Waals surface area contributed by atoms with Crippen LogP contribution < -0.4 is 4.72 Å². The van der Waals surface area contributed by atoms with Gasteiger partial charge in [-0.05, 0) is 0 Å². The van der Waals surface area contributed by atoms with Crippen LogP contribution in [0.25, 0.3) is 0 Å². The molecule has 0 aromatic carbocycles. The summed E-state index contributed by atoms with van der Waals surface area (Å²) in [5.41, 5.74) is 0. The van der Waals surface area contributed by atoms with Gasteiger partial charge in [0.05, 0.1) is 23.2 Å². The quantitative estimate of drug-likeness (QED) is 0.781. The highest BCUT2D eigenvalue weighted by molar-refractivity contribution is 7.89. The van der Waals surface area contributed by atoms with Crippen LogP contribution in [-0.2, 0) is 21.8 Å². The molecule has 0 spiro atoms. The Morgan fingerprint density at radius 3 is 2.76 bits per heavy atom. The number of hydrogen-bond acceptors (Lipinski definition) is 4. The van der Waals surface area contributed by atoms with Crippen LogP contribution >= 0.6 is 23.2 Å². The molecule has 0 fully saturated rings. The lowest BCUT2D eigenvalue weighted by atomic mass is 10.5. The molecular formula is C8H13Cl2N3O3S. The summed E-state index contributed by atoms with van der Waals surface area (Å²) in [5, 5.41) is 3.30. The maximum absolute atomic E-state index is 11.9. The molecule has 0 aliphatic rings. The number of ether oxygens (including phenoxy) is 1. The van der Waals surface area contributed by atoms with Crippen LogP contribution in [0.3, 0.4) is 0 Å². The van der Waals surface area contributed by atoms with Crippen molar-refractivity contribution in [3.05, 3.63) is 11.2 Å². The van der Waals surface area contributed by atoms with Crippen molar-refractivity contribution in [1.82, 2.24) is 14.5 Å². The molecule has 1 aromatic rings. The van der Waals surface area contributed by atoms with Crippen molar-refractivity contribution >= 4 is 33.2 Å². The first-order valence-corrected chi connectivity index (χ1v) is 6.98. The first kappa shape index (κ1) is 14.7. The predicted octanol–water partition coefficient (Wildman–Crippen LogP) is 0.606. The molecule has 0 aliphatic carbocycles. The monoisotopic (exact) mass is 301 g/mol. The molecule has 0 bridgehead atoms. The Kier molecular flexibility index (Phi) is 5.21. The van der Waals surface area contributed by atoms with Crippen LogP contribution in [-0.4, -0.2) is 43.8 Å². The van der Waals surface area contributed by atoms with Gasteiger partial charge in [0, 0.05) is 20.7 Å². The molecule has 1 aromatic heterocycles. The number of halogens is 2. The van der Waals surface area contributed by atoms with Crippen LogP contribution in [0.5, 0.6) is 0 Å². The fraction of sp³-hybridized carbons (Fsp3) is 0.625. The highest BCUT2D eigenvalue weighted by atomic mass is 35.5. The Balaban J connectivity index is 2.76. The third kappa shape index (κ3) is 3.82. The van der Waals surface area contributed by atoms with E-state index in [-0.39, 0.29) is 23.2 Å². The third-order valence-electron chi connectivity index (χ3n) is 1.94. The van der Waals surface area contributed by atoms with Crippen molar-refractivity contribution < 1.29 is 13.2 Å². The first-order valence-electron chi connectivity index (χ1n) is 4.68. The Hall–Kier alpha value is -0.340. The van der Waals surface area contributed by atoms with Gasteiger partial charge in [0.25, 0.3) is 10.0 Å². The maximum Gasteiger partial charge on any atom is 0.259 e. The van der Waals surface area contributed by atoms with E-state index in [1.807, 2.05) is 0 Å². The van der Waals surface area contributed by atoms with E-state index in [0.717, 1.165) is 0 Å². The maximum atomic E-state index is 11.9. The minimum Gasteiger partial charge on any atom is -0.383 e. The summed E-state index contributed by atoms with van der Waals surface area (Å²) >= 11 is 11.6. The number of aryl methyl sites for hydroxylation is 1.